The first kappa shape index (κ1) is 19.3. The molecule has 0 unspecified atom stereocenters. The second kappa shape index (κ2) is 7.76. The molecule has 0 radical (unpaired) electrons. The van der Waals surface area contributed by atoms with E-state index < -0.39 is 15.9 Å². The van der Waals surface area contributed by atoms with E-state index in [1.807, 2.05) is 0 Å². The van der Waals surface area contributed by atoms with Crippen molar-refractivity contribution >= 4 is 38.5 Å². The summed E-state index contributed by atoms with van der Waals surface area (Å²) in [5.41, 5.74) is 0.664. The van der Waals surface area contributed by atoms with Gasteiger partial charge in [-0.1, -0.05) is 18.2 Å². The predicted octanol–water partition coefficient (Wildman–Crippen LogP) is 2.76. The van der Waals surface area contributed by atoms with Crippen molar-refractivity contribution in [1.29, 1.82) is 5.41 Å². The highest BCUT2D eigenvalue weighted by Gasteiger charge is 2.16. The van der Waals surface area contributed by atoms with Crippen molar-refractivity contribution in [2.75, 3.05) is 10.0 Å². The second-order valence-corrected chi connectivity index (χ2v) is 7.87. The summed E-state index contributed by atoms with van der Waals surface area (Å²) in [6, 6.07) is 15.8. The highest BCUT2D eigenvalue weighted by Crippen LogP contribution is 2.18. The lowest BCUT2D eigenvalue weighted by molar-refractivity contribution is 0.102. The molecule has 0 spiro atoms. The molecule has 0 atom stereocenters. The molecule has 150 valence electrons. The molecule has 0 aliphatic heterocycles. The molecule has 3 N–H and O–H groups in total. The van der Waals surface area contributed by atoms with Crippen LogP contribution in [-0.2, 0) is 10.0 Å². The van der Waals surface area contributed by atoms with E-state index in [0.717, 1.165) is 0 Å². The summed E-state index contributed by atoms with van der Waals surface area (Å²) in [6.07, 6.45) is 2.84. The minimum Gasteiger partial charge on any atom is -0.438 e. The van der Waals surface area contributed by atoms with Crippen molar-refractivity contribution in [3.05, 3.63) is 84.2 Å². The second-order valence-electron chi connectivity index (χ2n) is 6.18. The quantitative estimate of drug-likeness (QED) is 0.453. The SMILES string of the molecule is N=c1oc2ccccc2cc1C(=O)Nc1ccc(S(=O)(=O)Nc2ncccn2)cc1. The van der Waals surface area contributed by atoms with Gasteiger partial charge in [0.1, 0.15) is 11.1 Å². The number of para-hydroxylation sites is 1. The van der Waals surface area contributed by atoms with E-state index in [1.165, 1.54) is 36.7 Å². The normalized spacial score (nSPS) is 11.2. The van der Waals surface area contributed by atoms with Gasteiger partial charge in [-0.2, -0.15) is 0 Å². The summed E-state index contributed by atoms with van der Waals surface area (Å²) in [7, 11) is -3.87. The maximum atomic E-state index is 12.6. The molecule has 0 saturated carbocycles. The Morgan fingerprint density at radius 3 is 2.40 bits per heavy atom. The van der Waals surface area contributed by atoms with Crippen molar-refractivity contribution < 1.29 is 17.6 Å². The van der Waals surface area contributed by atoms with Gasteiger partial charge in [0.05, 0.1) is 4.90 Å². The maximum Gasteiger partial charge on any atom is 0.264 e. The lowest BCUT2D eigenvalue weighted by atomic mass is 10.1. The van der Waals surface area contributed by atoms with Gasteiger partial charge in [0.15, 0.2) is 0 Å². The lowest BCUT2D eigenvalue weighted by Gasteiger charge is -2.09. The standard InChI is InChI=1S/C20H15N5O4S/c21-18-16(12-13-4-1-2-5-17(13)29-18)19(26)24-14-6-8-15(9-7-14)30(27,28)25-20-22-10-3-11-23-20/h1-12,21H,(H,24,26)(H,22,23,25). The molecule has 0 aliphatic rings. The third kappa shape index (κ3) is 4.03. The molecule has 0 saturated heterocycles. The number of fused-ring (bicyclic) bond motifs is 1. The molecule has 1 amide bonds. The first-order valence-corrected chi connectivity index (χ1v) is 10.2. The zero-order chi connectivity index (χ0) is 21.1. The predicted molar refractivity (Wildman–Crippen MR) is 109 cm³/mol. The van der Waals surface area contributed by atoms with E-state index in [9.17, 15) is 13.2 Å². The average Bonchev–Trinajstić information content (AvgIpc) is 2.74. The van der Waals surface area contributed by atoms with Gasteiger partial charge in [0.25, 0.3) is 15.9 Å². The van der Waals surface area contributed by atoms with Crippen molar-refractivity contribution in [2.45, 2.75) is 4.90 Å². The van der Waals surface area contributed by atoms with Crippen molar-refractivity contribution in [1.82, 2.24) is 9.97 Å². The number of hydrogen-bond acceptors (Lipinski definition) is 7. The maximum absolute atomic E-state index is 12.6. The van der Waals surface area contributed by atoms with E-state index >= 15 is 0 Å². The summed E-state index contributed by atoms with van der Waals surface area (Å²) in [5.74, 6) is -0.584. The van der Waals surface area contributed by atoms with Crippen LogP contribution in [0, 0.1) is 5.41 Å². The lowest BCUT2D eigenvalue weighted by Crippen LogP contribution is -2.21. The molecule has 4 aromatic rings. The number of hydrogen-bond donors (Lipinski definition) is 3. The number of nitrogens with zero attached hydrogens (tertiary/aromatic N) is 2. The van der Waals surface area contributed by atoms with Crippen molar-refractivity contribution in [2.24, 2.45) is 0 Å². The van der Waals surface area contributed by atoms with Gasteiger partial charge in [-0.05, 0) is 42.5 Å². The van der Waals surface area contributed by atoms with E-state index in [1.54, 1.807) is 36.4 Å². The van der Waals surface area contributed by atoms with Crippen LogP contribution in [0.2, 0.25) is 0 Å². The Morgan fingerprint density at radius 1 is 0.967 bits per heavy atom. The molecule has 2 aromatic heterocycles. The molecular formula is C20H15N5O4S. The van der Waals surface area contributed by atoms with Crippen molar-refractivity contribution in [3.63, 3.8) is 0 Å². The van der Waals surface area contributed by atoms with Crippen LogP contribution in [0.1, 0.15) is 10.4 Å². The third-order valence-corrected chi connectivity index (χ3v) is 5.48. The van der Waals surface area contributed by atoms with E-state index in [4.69, 9.17) is 9.83 Å². The van der Waals surface area contributed by atoms with Crippen LogP contribution >= 0.6 is 0 Å². The number of rotatable bonds is 5. The first-order valence-electron chi connectivity index (χ1n) is 8.71. The molecule has 0 bridgehead atoms. The Bertz CT molecular complexity index is 1380. The zero-order valence-electron chi connectivity index (χ0n) is 15.4. The van der Waals surface area contributed by atoms with Crippen LogP contribution < -0.4 is 15.6 Å². The van der Waals surface area contributed by atoms with E-state index in [2.05, 4.69) is 20.0 Å². The summed E-state index contributed by atoms with van der Waals surface area (Å²) < 4.78 is 32.5. The average molecular weight is 421 g/mol. The number of anilines is 2. The fourth-order valence-electron chi connectivity index (χ4n) is 2.69. The number of amides is 1. The molecule has 10 heteroatoms. The van der Waals surface area contributed by atoms with Crippen LogP contribution in [0.3, 0.4) is 0 Å². The number of nitrogens with one attached hydrogen (secondary N) is 3. The Hall–Kier alpha value is -4.05. The molecule has 2 aromatic carbocycles. The number of sulfonamides is 1. The molecule has 9 nitrogen and oxygen atoms in total. The molecule has 0 aliphatic carbocycles. The summed E-state index contributed by atoms with van der Waals surface area (Å²) >= 11 is 0. The summed E-state index contributed by atoms with van der Waals surface area (Å²) in [4.78, 5) is 20.2. The molecule has 2 heterocycles. The van der Waals surface area contributed by atoms with Crippen LogP contribution in [0.15, 0.2) is 82.4 Å². The van der Waals surface area contributed by atoms with Gasteiger partial charge in [-0.3, -0.25) is 10.2 Å². The van der Waals surface area contributed by atoms with Gasteiger partial charge in [0.2, 0.25) is 11.5 Å². The van der Waals surface area contributed by atoms with Gasteiger partial charge in [0, 0.05) is 23.5 Å². The smallest absolute Gasteiger partial charge is 0.264 e. The molecule has 30 heavy (non-hydrogen) atoms. The zero-order valence-corrected chi connectivity index (χ0v) is 16.2. The highest BCUT2D eigenvalue weighted by atomic mass is 32.2. The van der Waals surface area contributed by atoms with Crippen LogP contribution in [0.4, 0.5) is 11.6 Å². The number of aromatic nitrogens is 2. The van der Waals surface area contributed by atoms with Gasteiger partial charge < -0.3 is 9.73 Å². The van der Waals surface area contributed by atoms with Crippen LogP contribution in [0.5, 0.6) is 0 Å². The Morgan fingerprint density at radius 2 is 1.67 bits per heavy atom. The van der Waals surface area contributed by atoms with Gasteiger partial charge in [-0.15, -0.1) is 0 Å². The fourth-order valence-corrected chi connectivity index (χ4v) is 3.65. The number of benzene rings is 2. The topological polar surface area (TPSA) is 138 Å². The van der Waals surface area contributed by atoms with Gasteiger partial charge >= 0.3 is 0 Å². The third-order valence-electron chi connectivity index (χ3n) is 4.13. The van der Waals surface area contributed by atoms with Gasteiger partial charge in [-0.25, -0.2) is 23.1 Å². The first-order chi connectivity index (χ1) is 14.4. The van der Waals surface area contributed by atoms with E-state index in [-0.39, 0.29) is 22.0 Å². The molecule has 0 fully saturated rings. The van der Waals surface area contributed by atoms with E-state index in [0.29, 0.717) is 16.7 Å². The number of carbonyl (C=O) groups excluding carboxylic acids is 1. The van der Waals surface area contributed by atoms with Crippen LogP contribution in [-0.4, -0.2) is 24.3 Å². The summed E-state index contributed by atoms with van der Waals surface area (Å²) in [6.45, 7) is 0. The number of carbonyl (C=O) groups is 1. The monoisotopic (exact) mass is 421 g/mol. The Kier molecular flexibility index (Phi) is 4.98. The van der Waals surface area contributed by atoms with Crippen molar-refractivity contribution in [3.8, 4) is 0 Å². The minimum absolute atomic E-state index is 0.0187. The summed E-state index contributed by atoms with van der Waals surface area (Å²) in [5, 5.41) is 11.3. The highest BCUT2D eigenvalue weighted by molar-refractivity contribution is 7.92. The fraction of sp³-hybridized carbons (Fsp3) is 0. The Labute approximate surface area is 171 Å². The molecular weight excluding hydrogens is 406 g/mol. The molecule has 4 rings (SSSR count). The Balaban J connectivity index is 1.53. The minimum atomic E-state index is -3.87. The largest absolute Gasteiger partial charge is 0.438 e. The van der Waals surface area contributed by atoms with Crippen LogP contribution in [0.25, 0.3) is 11.0 Å².